The van der Waals surface area contributed by atoms with Crippen molar-refractivity contribution in [3.63, 3.8) is 0 Å². The summed E-state index contributed by atoms with van der Waals surface area (Å²) < 4.78 is 37.7. The summed E-state index contributed by atoms with van der Waals surface area (Å²) in [4.78, 5) is 12.9. The fraction of sp³-hybridized carbons (Fsp3) is 0.350. The second-order valence-electron chi connectivity index (χ2n) is 6.53. The Kier molecular flexibility index (Phi) is 6.80. The average molecular weight is 365 g/mol. The Balaban J connectivity index is 1.75. The number of carbonyl (C=O) groups is 1. The summed E-state index contributed by atoms with van der Waals surface area (Å²) >= 11 is 0. The molecule has 2 N–H and O–H groups in total. The zero-order chi connectivity index (χ0) is 19.2. The van der Waals surface area contributed by atoms with E-state index in [0.29, 0.717) is 13.1 Å². The van der Waals surface area contributed by atoms with Crippen LogP contribution in [-0.4, -0.2) is 26.0 Å². The van der Waals surface area contributed by atoms with Crippen molar-refractivity contribution in [2.75, 3.05) is 20.1 Å². The van der Waals surface area contributed by atoms with Crippen LogP contribution in [0, 0.1) is 6.92 Å². The SMILES string of the molecule is Cc1ccccc1CCNC(=O)C[NH+](C)Cc1ccc(C(F)(F)F)cc1. The number of rotatable bonds is 7. The number of aryl methyl sites for hydroxylation is 1. The van der Waals surface area contributed by atoms with Crippen molar-refractivity contribution in [3.8, 4) is 0 Å². The quantitative estimate of drug-likeness (QED) is 0.776. The Morgan fingerprint density at radius 2 is 1.73 bits per heavy atom. The third-order valence-corrected chi connectivity index (χ3v) is 4.23. The first-order valence-corrected chi connectivity index (χ1v) is 8.54. The molecule has 0 radical (unpaired) electrons. The molecule has 0 spiro atoms. The summed E-state index contributed by atoms with van der Waals surface area (Å²) in [7, 11) is 1.85. The van der Waals surface area contributed by atoms with Gasteiger partial charge in [-0.3, -0.25) is 4.79 Å². The van der Waals surface area contributed by atoms with Crippen molar-refractivity contribution >= 4 is 5.91 Å². The predicted molar refractivity (Wildman–Crippen MR) is 94.8 cm³/mol. The van der Waals surface area contributed by atoms with Gasteiger partial charge in [-0.2, -0.15) is 13.2 Å². The zero-order valence-corrected chi connectivity index (χ0v) is 15.0. The van der Waals surface area contributed by atoms with Crippen molar-refractivity contribution in [1.29, 1.82) is 0 Å². The van der Waals surface area contributed by atoms with E-state index in [-0.39, 0.29) is 12.5 Å². The van der Waals surface area contributed by atoms with Crippen molar-refractivity contribution in [3.05, 3.63) is 70.8 Å². The van der Waals surface area contributed by atoms with E-state index in [1.807, 2.05) is 38.2 Å². The number of likely N-dealkylation sites (N-methyl/N-ethyl adjacent to an activating group) is 1. The Hall–Kier alpha value is -2.34. The number of alkyl halides is 3. The molecule has 0 saturated carbocycles. The van der Waals surface area contributed by atoms with Crippen molar-refractivity contribution < 1.29 is 22.9 Å². The molecule has 2 rings (SSSR count). The van der Waals surface area contributed by atoms with Crippen LogP contribution >= 0.6 is 0 Å². The summed E-state index contributed by atoms with van der Waals surface area (Å²) in [5.74, 6) is -0.0667. The van der Waals surface area contributed by atoms with Gasteiger partial charge in [-0.25, -0.2) is 0 Å². The zero-order valence-electron chi connectivity index (χ0n) is 15.0. The Bertz CT molecular complexity index is 727. The number of nitrogens with one attached hydrogen (secondary N) is 2. The summed E-state index contributed by atoms with van der Waals surface area (Å²) in [6.45, 7) is 3.37. The van der Waals surface area contributed by atoms with Gasteiger partial charge in [0.2, 0.25) is 0 Å². The Labute approximate surface area is 151 Å². The number of quaternary nitrogens is 1. The van der Waals surface area contributed by atoms with Crippen LogP contribution in [0.4, 0.5) is 13.2 Å². The lowest BCUT2D eigenvalue weighted by Gasteiger charge is -2.15. The van der Waals surface area contributed by atoms with E-state index in [4.69, 9.17) is 0 Å². The Morgan fingerprint density at radius 1 is 1.08 bits per heavy atom. The van der Waals surface area contributed by atoms with E-state index >= 15 is 0 Å². The van der Waals surface area contributed by atoms with Gasteiger partial charge in [0.25, 0.3) is 5.91 Å². The molecule has 2 aromatic rings. The van der Waals surface area contributed by atoms with Gasteiger partial charge in [-0.15, -0.1) is 0 Å². The first kappa shape index (κ1) is 20.0. The molecular weight excluding hydrogens is 341 g/mol. The number of hydrogen-bond donors (Lipinski definition) is 2. The molecule has 6 heteroatoms. The lowest BCUT2D eigenvalue weighted by molar-refractivity contribution is -0.885. The van der Waals surface area contributed by atoms with Crippen LogP contribution in [0.2, 0.25) is 0 Å². The molecule has 0 saturated heterocycles. The van der Waals surface area contributed by atoms with Gasteiger partial charge in [0.15, 0.2) is 6.54 Å². The van der Waals surface area contributed by atoms with E-state index in [9.17, 15) is 18.0 Å². The van der Waals surface area contributed by atoms with Gasteiger partial charge >= 0.3 is 6.18 Å². The van der Waals surface area contributed by atoms with E-state index in [1.165, 1.54) is 23.3 Å². The second-order valence-corrected chi connectivity index (χ2v) is 6.53. The van der Waals surface area contributed by atoms with Gasteiger partial charge in [0.05, 0.1) is 12.6 Å². The van der Waals surface area contributed by atoms with Gasteiger partial charge in [0.1, 0.15) is 6.54 Å². The van der Waals surface area contributed by atoms with Gasteiger partial charge in [-0.1, -0.05) is 36.4 Å². The molecule has 0 aliphatic carbocycles. The highest BCUT2D eigenvalue weighted by Crippen LogP contribution is 2.28. The summed E-state index contributed by atoms with van der Waals surface area (Å²) in [6.07, 6.45) is -3.55. The molecule has 140 valence electrons. The molecule has 3 nitrogen and oxygen atoms in total. The van der Waals surface area contributed by atoms with Crippen LogP contribution in [0.15, 0.2) is 48.5 Å². The maximum atomic E-state index is 12.6. The smallest absolute Gasteiger partial charge is 0.351 e. The minimum atomic E-state index is -4.33. The van der Waals surface area contributed by atoms with E-state index < -0.39 is 11.7 Å². The molecular formula is C20H24F3N2O+. The normalized spacial score (nSPS) is 12.7. The topological polar surface area (TPSA) is 33.5 Å². The second kappa shape index (κ2) is 8.85. The van der Waals surface area contributed by atoms with E-state index in [1.54, 1.807) is 0 Å². The van der Waals surface area contributed by atoms with Crippen LogP contribution in [-0.2, 0) is 23.9 Å². The lowest BCUT2D eigenvalue weighted by atomic mass is 10.1. The predicted octanol–water partition coefficient (Wildman–Crippen LogP) is 2.39. The molecule has 0 heterocycles. The Morgan fingerprint density at radius 3 is 2.35 bits per heavy atom. The number of carbonyl (C=O) groups excluding carboxylic acids is 1. The first-order valence-electron chi connectivity index (χ1n) is 8.54. The molecule has 2 aromatic carbocycles. The third kappa shape index (κ3) is 6.19. The number of hydrogen-bond acceptors (Lipinski definition) is 1. The fourth-order valence-corrected chi connectivity index (χ4v) is 2.79. The molecule has 0 fully saturated rings. The third-order valence-electron chi connectivity index (χ3n) is 4.23. The van der Waals surface area contributed by atoms with Crippen LogP contribution in [0.3, 0.4) is 0 Å². The van der Waals surface area contributed by atoms with Gasteiger partial charge < -0.3 is 10.2 Å². The first-order chi connectivity index (χ1) is 12.3. The number of halogens is 3. The molecule has 0 aromatic heterocycles. The van der Waals surface area contributed by atoms with Crippen molar-refractivity contribution in [2.24, 2.45) is 0 Å². The highest BCUT2D eigenvalue weighted by Gasteiger charge is 2.30. The standard InChI is InChI=1S/C20H23F3N2O/c1-15-5-3-4-6-17(15)11-12-24-19(26)14-25(2)13-16-7-9-18(10-8-16)20(21,22)23/h3-10H,11-14H2,1-2H3,(H,24,26)/p+1. The summed E-state index contributed by atoms with van der Waals surface area (Å²) in [5, 5.41) is 2.90. The van der Waals surface area contributed by atoms with Crippen LogP contribution < -0.4 is 10.2 Å². The molecule has 1 atom stereocenters. The summed E-state index contributed by atoms with van der Waals surface area (Å²) in [5.41, 5.74) is 2.51. The number of benzene rings is 2. The lowest BCUT2D eigenvalue weighted by Crippen LogP contribution is -3.08. The van der Waals surface area contributed by atoms with Crippen molar-refractivity contribution in [1.82, 2.24) is 5.32 Å². The van der Waals surface area contributed by atoms with Gasteiger partial charge in [-0.05, 0) is 36.6 Å². The maximum Gasteiger partial charge on any atom is 0.416 e. The van der Waals surface area contributed by atoms with Crippen molar-refractivity contribution in [2.45, 2.75) is 26.1 Å². The minimum absolute atomic E-state index is 0.0667. The molecule has 1 amide bonds. The molecule has 0 aliphatic rings. The largest absolute Gasteiger partial charge is 0.416 e. The maximum absolute atomic E-state index is 12.6. The minimum Gasteiger partial charge on any atom is -0.351 e. The van der Waals surface area contributed by atoms with Crippen LogP contribution in [0.25, 0.3) is 0 Å². The molecule has 26 heavy (non-hydrogen) atoms. The fourth-order valence-electron chi connectivity index (χ4n) is 2.79. The molecule has 0 bridgehead atoms. The molecule has 0 aliphatic heterocycles. The number of amides is 1. The average Bonchev–Trinajstić information content (AvgIpc) is 2.56. The molecule has 1 unspecified atom stereocenters. The van der Waals surface area contributed by atoms with Crippen LogP contribution in [0.1, 0.15) is 22.3 Å². The van der Waals surface area contributed by atoms with E-state index in [2.05, 4.69) is 5.32 Å². The highest BCUT2D eigenvalue weighted by atomic mass is 19.4. The van der Waals surface area contributed by atoms with E-state index in [0.717, 1.165) is 29.0 Å². The van der Waals surface area contributed by atoms with Crippen LogP contribution in [0.5, 0.6) is 0 Å². The monoisotopic (exact) mass is 365 g/mol. The summed E-state index contributed by atoms with van der Waals surface area (Å²) in [6, 6.07) is 13.1. The van der Waals surface area contributed by atoms with Gasteiger partial charge in [0, 0.05) is 12.1 Å². The highest BCUT2D eigenvalue weighted by molar-refractivity contribution is 5.76.